The summed E-state index contributed by atoms with van der Waals surface area (Å²) in [5.74, 6) is 0.201. The Morgan fingerprint density at radius 2 is 2.27 bits per heavy atom. The first kappa shape index (κ1) is 10.9. The van der Waals surface area contributed by atoms with Crippen LogP contribution in [0.4, 0.5) is 0 Å². The maximum atomic E-state index is 11.6. The van der Waals surface area contributed by atoms with Gasteiger partial charge in [0.2, 0.25) is 5.91 Å². The molecule has 0 aromatic rings. The maximum absolute atomic E-state index is 11.6. The van der Waals surface area contributed by atoms with Crippen LogP contribution < -0.4 is 0 Å². The van der Waals surface area contributed by atoms with Crippen LogP contribution in [0.5, 0.6) is 0 Å². The zero-order valence-electron chi connectivity index (χ0n) is 9.58. The number of hydrogen-bond acceptors (Lipinski definition) is 2. The molecular formula is C12H21NO2. The van der Waals surface area contributed by atoms with Crippen LogP contribution in [0.2, 0.25) is 0 Å². The fourth-order valence-electron chi connectivity index (χ4n) is 2.55. The van der Waals surface area contributed by atoms with E-state index in [2.05, 4.69) is 6.92 Å². The molecule has 15 heavy (non-hydrogen) atoms. The molecule has 3 nitrogen and oxygen atoms in total. The van der Waals surface area contributed by atoms with Crippen LogP contribution in [0, 0.1) is 0 Å². The molecule has 0 unspecified atom stereocenters. The van der Waals surface area contributed by atoms with Crippen LogP contribution in [0.3, 0.4) is 0 Å². The second-order valence-corrected chi connectivity index (χ2v) is 4.71. The summed E-state index contributed by atoms with van der Waals surface area (Å²) in [7, 11) is 0. The van der Waals surface area contributed by atoms with Crippen molar-refractivity contribution in [2.75, 3.05) is 0 Å². The molecular weight excluding hydrogens is 190 g/mol. The molecule has 2 atom stereocenters. The molecule has 0 saturated carbocycles. The lowest BCUT2D eigenvalue weighted by Gasteiger charge is -2.41. The molecule has 2 aliphatic rings. The van der Waals surface area contributed by atoms with Crippen molar-refractivity contribution in [3.05, 3.63) is 0 Å². The van der Waals surface area contributed by atoms with Crippen LogP contribution >= 0.6 is 0 Å². The lowest BCUT2D eigenvalue weighted by Crippen LogP contribution is -2.49. The van der Waals surface area contributed by atoms with Crippen LogP contribution in [-0.2, 0) is 9.63 Å². The van der Waals surface area contributed by atoms with Crippen molar-refractivity contribution >= 4 is 5.91 Å². The van der Waals surface area contributed by atoms with Gasteiger partial charge in [-0.15, -0.1) is 0 Å². The molecule has 2 rings (SSSR count). The molecule has 0 bridgehead atoms. The van der Waals surface area contributed by atoms with E-state index in [4.69, 9.17) is 4.84 Å². The molecule has 0 radical (unpaired) electrons. The van der Waals surface area contributed by atoms with E-state index in [9.17, 15) is 4.79 Å². The molecule has 86 valence electrons. The molecule has 2 saturated heterocycles. The third kappa shape index (κ3) is 2.51. The fourth-order valence-corrected chi connectivity index (χ4v) is 2.55. The van der Waals surface area contributed by atoms with Crippen molar-refractivity contribution < 1.29 is 9.63 Å². The Labute approximate surface area is 91.7 Å². The average molecular weight is 211 g/mol. The number of hydroxylamine groups is 2. The van der Waals surface area contributed by atoms with Crippen LogP contribution in [0.1, 0.15) is 58.3 Å². The number of piperidine rings is 1. The third-order valence-electron chi connectivity index (χ3n) is 3.47. The monoisotopic (exact) mass is 211 g/mol. The van der Waals surface area contributed by atoms with Gasteiger partial charge in [-0.3, -0.25) is 9.63 Å². The molecule has 0 aliphatic carbocycles. The highest BCUT2D eigenvalue weighted by Gasteiger charge is 2.34. The van der Waals surface area contributed by atoms with Gasteiger partial charge >= 0.3 is 0 Å². The van der Waals surface area contributed by atoms with Crippen molar-refractivity contribution in [1.82, 2.24) is 5.06 Å². The molecule has 0 aromatic heterocycles. The second-order valence-electron chi connectivity index (χ2n) is 4.71. The third-order valence-corrected chi connectivity index (χ3v) is 3.47. The van der Waals surface area contributed by atoms with Crippen LogP contribution in [0.15, 0.2) is 0 Å². The largest absolute Gasteiger partial charge is 0.273 e. The van der Waals surface area contributed by atoms with Crippen molar-refractivity contribution in [3.63, 3.8) is 0 Å². The normalized spacial score (nSPS) is 31.5. The summed E-state index contributed by atoms with van der Waals surface area (Å²) in [6, 6.07) is 0.379. The number of amides is 1. The van der Waals surface area contributed by atoms with E-state index in [-0.39, 0.29) is 5.91 Å². The summed E-state index contributed by atoms with van der Waals surface area (Å²) in [5, 5.41) is 1.69. The zero-order chi connectivity index (χ0) is 10.7. The van der Waals surface area contributed by atoms with Gasteiger partial charge < -0.3 is 0 Å². The topological polar surface area (TPSA) is 29.5 Å². The molecule has 0 N–H and O–H groups in total. The fraction of sp³-hybridized carbons (Fsp3) is 0.917. The van der Waals surface area contributed by atoms with Gasteiger partial charge in [0.25, 0.3) is 0 Å². The number of hydrogen-bond donors (Lipinski definition) is 0. The number of carbonyl (C=O) groups excluding carboxylic acids is 1. The van der Waals surface area contributed by atoms with Gasteiger partial charge in [-0.05, 0) is 32.1 Å². The number of unbranched alkanes of at least 4 members (excludes halogenated alkanes) is 1. The Morgan fingerprint density at radius 1 is 1.40 bits per heavy atom. The van der Waals surface area contributed by atoms with E-state index < -0.39 is 0 Å². The molecule has 0 aromatic carbocycles. The summed E-state index contributed by atoms with van der Waals surface area (Å²) >= 11 is 0. The van der Waals surface area contributed by atoms with Gasteiger partial charge in [-0.1, -0.05) is 19.8 Å². The second kappa shape index (κ2) is 4.97. The zero-order valence-corrected chi connectivity index (χ0v) is 9.58. The van der Waals surface area contributed by atoms with Crippen molar-refractivity contribution in [3.8, 4) is 0 Å². The van der Waals surface area contributed by atoms with Gasteiger partial charge in [0.1, 0.15) is 0 Å². The Bertz CT molecular complexity index is 230. The van der Waals surface area contributed by atoms with E-state index in [0.717, 1.165) is 32.1 Å². The van der Waals surface area contributed by atoms with E-state index >= 15 is 0 Å². The van der Waals surface area contributed by atoms with Gasteiger partial charge in [0, 0.05) is 6.42 Å². The van der Waals surface area contributed by atoms with E-state index in [0.29, 0.717) is 18.6 Å². The first-order valence-corrected chi connectivity index (χ1v) is 6.30. The summed E-state index contributed by atoms with van der Waals surface area (Å²) in [6.07, 6.45) is 8.94. The lowest BCUT2D eigenvalue weighted by molar-refractivity contribution is -0.248. The summed E-state index contributed by atoms with van der Waals surface area (Å²) in [4.78, 5) is 17.4. The van der Waals surface area contributed by atoms with Crippen LogP contribution in [0.25, 0.3) is 0 Å². The molecule has 1 amide bonds. The molecule has 3 heteroatoms. The van der Waals surface area contributed by atoms with Gasteiger partial charge in [-0.25, -0.2) is 5.06 Å². The Balaban J connectivity index is 1.87. The van der Waals surface area contributed by atoms with Gasteiger partial charge in [0.05, 0.1) is 12.1 Å². The first-order valence-electron chi connectivity index (χ1n) is 6.30. The van der Waals surface area contributed by atoms with Crippen LogP contribution in [-0.4, -0.2) is 23.1 Å². The summed E-state index contributed by atoms with van der Waals surface area (Å²) < 4.78 is 0. The van der Waals surface area contributed by atoms with Crippen molar-refractivity contribution in [2.24, 2.45) is 0 Å². The SMILES string of the molecule is CCCC[C@@H]1CC[C@@H]2CCCC(=O)N2O1. The molecule has 0 spiro atoms. The summed E-state index contributed by atoms with van der Waals surface area (Å²) in [6.45, 7) is 2.19. The average Bonchev–Trinajstić information content (AvgIpc) is 2.27. The first-order chi connectivity index (χ1) is 7.31. The minimum atomic E-state index is 0.201. The number of fused-ring (bicyclic) bond motifs is 1. The summed E-state index contributed by atoms with van der Waals surface area (Å²) in [5.41, 5.74) is 0. The molecule has 2 aliphatic heterocycles. The minimum Gasteiger partial charge on any atom is -0.273 e. The lowest BCUT2D eigenvalue weighted by atomic mass is 9.95. The van der Waals surface area contributed by atoms with E-state index in [1.807, 2.05) is 0 Å². The predicted octanol–water partition coefficient (Wildman–Crippen LogP) is 2.65. The predicted molar refractivity (Wildman–Crippen MR) is 58.1 cm³/mol. The highest BCUT2D eigenvalue weighted by molar-refractivity contribution is 5.76. The molecule has 2 heterocycles. The smallest absolute Gasteiger partial charge is 0.246 e. The standard InChI is InChI=1S/C12H21NO2/c1-2-3-6-11-9-8-10-5-4-7-12(14)13(10)15-11/h10-11H,2-9H2,1H3/t10-,11+/m0/s1. The Hall–Kier alpha value is -0.570. The van der Waals surface area contributed by atoms with Gasteiger partial charge in [0.15, 0.2) is 0 Å². The Kier molecular flexibility index (Phi) is 3.62. The highest BCUT2D eigenvalue weighted by Crippen LogP contribution is 2.30. The van der Waals surface area contributed by atoms with Gasteiger partial charge in [-0.2, -0.15) is 0 Å². The van der Waals surface area contributed by atoms with E-state index in [1.54, 1.807) is 5.06 Å². The van der Waals surface area contributed by atoms with Crippen molar-refractivity contribution in [1.29, 1.82) is 0 Å². The number of nitrogens with zero attached hydrogens (tertiary/aromatic N) is 1. The number of carbonyl (C=O) groups is 1. The Morgan fingerprint density at radius 3 is 3.07 bits per heavy atom. The van der Waals surface area contributed by atoms with E-state index in [1.165, 1.54) is 12.8 Å². The van der Waals surface area contributed by atoms with Crippen molar-refractivity contribution in [2.45, 2.75) is 70.4 Å². The maximum Gasteiger partial charge on any atom is 0.246 e. The minimum absolute atomic E-state index is 0.201. The highest BCUT2D eigenvalue weighted by atomic mass is 16.7. The number of rotatable bonds is 3. The quantitative estimate of drug-likeness (QED) is 0.718. The molecule has 2 fully saturated rings.